The zero-order chi connectivity index (χ0) is 14.7. The van der Waals surface area contributed by atoms with Gasteiger partial charge in [0, 0.05) is 10.5 Å². The molecule has 0 saturated heterocycles. The zero-order valence-electron chi connectivity index (χ0n) is 10.9. The van der Waals surface area contributed by atoms with Crippen molar-refractivity contribution in [1.82, 2.24) is 5.32 Å². The van der Waals surface area contributed by atoms with Crippen LogP contribution >= 0.6 is 43.2 Å². The first-order chi connectivity index (χ1) is 9.51. The first-order valence-corrected chi connectivity index (χ1v) is 8.75. The molecule has 4 nitrogen and oxygen atoms in total. The van der Waals surface area contributed by atoms with E-state index in [-0.39, 0.29) is 23.8 Å². The lowest BCUT2D eigenvalue weighted by Gasteiger charge is -2.27. The summed E-state index contributed by atoms with van der Waals surface area (Å²) in [5, 5.41) is 3.03. The number of hydrogen-bond donors (Lipinski definition) is 1. The fourth-order valence-corrected chi connectivity index (χ4v) is 4.29. The average Bonchev–Trinajstić information content (AvgIpc) is 2.79. The average molecular weight is 425 g/mol. The Hall–Kier alpha value is -0.400. The Morgan fingerprint density at radius 1 is 1.30 bits per heavy atom. The molecular weight excluding hydrogens is 410 g/mol. The van der Waals surface area contributed by atoms with Gasteiger partial charge in [0.2, 0.25) is 0 Å². The van der Waals surface area contributed by atoms with Crippen molar-refractivity contribution in [2.24, 2.45) is 5.92 Å². The van der Waals surface area contributed by atoms with Gasteiger partial charge in [-0.2, -0.15) is 0 Å². The highest BCUT2D eigenvalue weighted by atomic mass is 79.9. The van der Waals surface area contributed by atoms with E-state index in [1.165, 1.54) is 18.4 Å². The number of methoxy groups -OCH3 is 1. The molecule has 0 spiro atoms. The number of halogens is 2. The van der Waals surface area contributed by atoms with Gasteiger partial charge in [0.05, 0.1) is 21.7 Å². The number of esters is 1. The maximum absolute atomic E-state index is 12.1. The molecule has 0 radical (unpaired) electrons. The van der Waals surface area contributed by atoms with Gasteiger partial charge in [-0.15, -0.1) is 11.3 Å². The molecular formula is C13H15Br2NO3S. The van der Waals surface area contributed by atoms with Crippen LogP contribution in [0.1, 0.15) is 35.4 Å². The molecule has 2 rings (SSSR count). The van der Waals surface area contributed by atoms with Crippen molar-refractivity contribution < 1.29 is 14.3 Å². The van der Waals surface area contributed by atoms with Gasteiger partial charge in [0.1, 0.15) is 0 Å². The molecule has 0 aliphatic heterocycles. The van der Waals surface area contributed by atoms with Gasteiger partial charge in [0.25, 0.3) is 5.91 Å². The molecule has 1 aliphatic rings. The van der Waals surface area contributed by atoms with Gasteiger partial charge in [-0.25, -0.2) is 0 Å². The molecule has 0 aromatic carbocycles. The molecule has 1 aromatic heterocycles. The summed E-state index contributed by atoms with van der Waals surface area (Å²) >= 11 is 8.16. The standard InChI is InChI=1S/C13H15Br2NO3S/c1-19-13(18)7-2-4-8(5-3-7)16-12(17)10-6-9(14)11(15)20-10/h6-8H,2-5H2,1H3,(H,16,17). The molecule has 1 aliphatic carbocycles. The molecule has 0 unspecified atom stereocenters. The number of rotatable bonds is 3. The van der Waals surface area contributed by atoms with Crippen molar-refractivity contribution in [3.8, 4) is 0 Å². The second-order valence-electron chi connectivity index (χ2n) is 4.78. The largest absolute Gasteiger partial charge is 0.469 e. The third-order valence-corrected chi connectivity index (χ3v) is 6.72. The van der Waals surface area contributed by atoms with E-state index in [1.54, 1.807) is 0 Å². The second kappa shape index (κ2) is 7.04. The van der Waals surface area contributed by atoms with Crippen LogP contribution in [0.4, 0.5) is 0 Å². The zero-order valence-corrected chi connectivity index (χ0v) is 14.9. The Bertz CT molecular complexity index is 490. The molecule has 1 saturated carbocycles. The normalized spacial score (nSPS) is 22.4. The van der Waals surface area contributed by atoms with Crippen LogP contribution in [0.15, 0.2) is 14.3 Å². The van der Waals surface area contributed by atoms with Crippen molar-refractivity contribution in [3.63, 3.8) is 0 Å². The summed E-state index contributed by atoms with van der Waals surface area (Å²) in [6, 6.07) is 1.95. The van der Waals surface area contributed by atoms with E-state index >= 15 is 0 Å². The molecule has 1 aromatic rings. The highest BCUT2D eigenvalue weighted by molar-refractivity contribution is 9.13. The first kappa shape index (κ1) is 16.0. The van der Waals surface area contributed by atoms with E-state index in [0.29, 0.717) is 4.88 Å². The lowest BCUT2D eigenvalue weighted by atomic mass is 9.86. The molecule has 110 valence electrons. The van der Waals surface area contributed by atoms with E-state index in [4.69, 9.17) is 4.74 Å². The van der Waals surface area contributed by atoms with Gasteiger partial charge < -0.3 is 10.1 Å². The Morgan fingerprint density at radius 3 is 2.45 bits per heavy atom. The monoisotopic (exact) mass is 423 g/mol. The molecule has 0 bridgehead atoms. The summed E-state index contributed by atoms with van der Waals surface area (Å²) < 4.78 is 6.56. The lowest BCUT2D eigenvalue weighted by molar-refractivity contribution is -0.146. The van der Waals surface area contributed by atoms with Crippen LogP contribution in [0.5, 0.6) is 0 Å². The van der Waals surface area contributed by atoms with E-state index < -0.39 is 0 Å². The molecule has 7 heteroatoms. The van der Waals surface area contributed by atoms with Crippen LogP contribution in [0.2, 0.25) is 0 Å². The lowest BCUT2D eigenvalue weighted by Crippen LogP contribution is -2.38. The van der Waals surface area contributed by atoms with Crippen LogP contribution in [0, 0.1) is 5.92 Å². The maximum Gasteiger partial charge on any atom is 0.308 e. The van der Waals surface area contributed by atoms with E-state index in [9.17, 15) is 9.59 Å². The second-order valence-corrected chi connectivity index (χ2v) is 8.00. The molecule has 1 fully saturated rings. The van der Waals surface area contributed by atoms with Crippen LogP contribution in [0.25, 0.3) is 0 Å². The fourth-order valence-electron chi connectivity index (χ4n) is 2.36. The van der Waals surface area contributed by atoms with Gasteiger partial charge in [-0.1, -0.05) is 0 Å². The molecule has 20 heavy (non-hydrogen) atoms. The third-order valence-electron chi connectivity index (χ3n) is 3.47. The fraction of sp³-hybridized carbons (Fsp3) is 0.538. The number of carbonyl (C=O) groups excluding carboxylic acids is 2. The Kier molecular flexibility index (Phi) is 5.63. The maximum atomic E-state index is 12.1. The smallest absolute Gasteiger partial charge is 0.308 e. The van der Waals surface area contributed by atoms with Crippen LogP contribution in [-0.2, 0) is 9.53 Å². The number of carbonyl (C=O) groups is 2. The minimum absolute atomic E-state index is 0.0156. The predicted octanol–water partition coefficient (Wildman–Crippen LogP) is 3.73. The Labute approximate surface area is 138 Å². The summed E-state index contributed by atoms with van der Waals surface area (Å²) in [5.74, 6) is -0.206. The SMILES string of the molecule is COC(=O)C1CCC(NC(=O)c2cc(Br)c(Br)s2)CC1. The summed E-state index contributed by atoms with van der Waals surface area (Å²) in [6.07, 6.45) is 3.18. The van der Waals surface area contributed by atoms with Crippen LogP contribution in [-0.4, -0.2) is 25.0 Å². The predicted molar refractivity (Wildman–Crippen MR) is 84.9 cm³/mol. The summed E-state index contributed by atoms with van der Waals surface area (Å²) in [6.45, 7) is 0. The number of nitrogens with one attached hydrogen (secondary N) is 1. The topological polar surface area (TPSA) is 55.4 Å². The van der Waals surface area contributed by atoms with Gasteiger partial charge >= 0.3 is 5.97 Å². The molecule has 1 N–H and O–H groups in total. The summed E-state index contributed by atoms with van der Waals surface area (Å²) in [7, 11) is 1.42. The molecule has 0 atom stereocenters. The number of thiophene rings is 1. The van der Waals surface area contributed by atoms with Gasteiger partial charge in [-0.05, 0) is 63.6 Å². The van der Waals surface area contributed by atoms with Crippen molar-refractivity contribution in [2.75, 3.05) is 7.11 Å². The van der Waals surface area contributed by atoms with E-state index in [1.807, 2.05) is 6.07 Å². The minimum atomic E-state index is -0.138. The third kappa shape index (κ3) is 3.83. The summed E-state index contributed by atoms with van der Waals surface area (Å²) in [4.78, 5) is 24.2. The summed E-state index contributed by atoms with van der Waals surface area (Å²) in [5.41, 5.74) is 0. The first-order valence-electron chi connectivity index (χ1n) is 6.34. The van der Waals surface area contributed by atoms with Crippen molar-refractivity contribution in [1.29, 1.82) is 0 Å². The van der Waals surface area contributed by atoms with Crippen LogP contribution in [0.3, 0.4) is 0 Å². The van der Waals surface area contributed by atoms with E-state index in [0.717, 1.165) is 33.9 Å². The van der Waals surface area contributed by atoms with Crippen molar-refractivity contribution in [2.45, 2.75) is 31.7 Å². The van der Waals surface area contributed by atoms with Crippen LogP contribution < -0.4 is 5.32 Å². The number of ether oxygens (including phenoxy) is 1. The molecule has 1 amide bonds. The molecule has 1 heterocycles. The van der Waals surface area contributed by atoms with Crippen molar-refractivity contribution in [3.05, 3.63) is 19.2 Å². The van der Waals surface area contributed by atoms with Gasteiger partial charge in [-0.3, -0.25) is 9.59 Å². The Morgan fingerprint density at radius 2 is 1.95 bits per heavy atom. The minimum Gasteiger partial charge on any atom is -0.469 e. The number of hydrogen-bond acceptors (Lipinski definition) is 4. The van der Waals surface area contributed by atoms with Gasteiger partial charge in [0.15, 0.2) is 0 Å². The quantitative estimate of drug-likeness (QED) is 0.752. The Balaban J connectivity index is 1.86. The highest BCUT2D eigenvalue weighted by Gasteiger charge is 2.28. The highest BCUT2D eigenvalue weighted by Crippen LogP contribution is 2.32. The van der Waals surface area contributed by atoms with Crippen molar-refractivity contribution >= 4 is 55.1 Å². The van der Waals surface area contributed by atoms with E-state index in [2.05, 4.69) is 37.2 Å². The number of amides is 1.